The third-order valence-electron chi connectivity index (χ3n) is 4.73. The number of hydrogen-bond acceptors (Lipinski definition) is 5. The number of aromatic nitrogens is 4. The molecule has 2 heterocycles. The molecule has 0 amide bonds. The first kappa shape index (κ1) is 21.4. The summed E-state index contributed by atoms with van der Waals surface area (Å²) >= 11 is 12.4. The first-order valence-corrected chi connectivity index (χ1v) is 10.5. The van der Waals surface area contributed by atoms with Gasteiger partial charge in [0.2, 0.25) is 5.88 Å². The van der Waals surface area contributed by atoms with E-state index in [9.17, 15) is 0 Å². The van der Waals surface area contributed by atoms with Crippen LogP contribution < -0.4 is 10.1 Å². The zero-order chi connectivity index (χ0) is 20.6. The molecule has 154 valence electrons. The molecule has 8 heteroatoms. The Morgan fingerprint density at radius 1 is 1.14 bits per heavy atom. The van der Waals surface area contributed by atoms with Crippen LogP contribution in [-0.2, 0) is 6.42 Å². The largest absolute Gasteiger partial charge is 0.475 e. The quantitative estimate of drug-likeness (QED) is 0.431. The summed E-state index contributed by atoms with van der Waals surface area (Å²) in [6.45, 7) is 5.41. The average Bonchev–Trinajstić information content (AvgIpc) is 3.20. The van der Waals surface area contributed by atoms with Crippen LogP contribution in [0.15, 0.2) is 42.9 Å². The molecule has 1 N–H and O–H groups in total. The summed E-state index contributed by atoms with van der Waals surface area (Å²) in [4.78, 5) is 8.56. The van der Waals surface area contributed by atoms with Gasteiger partial charge in [-0.2, -0.15) is 0 Å². The number of nitrogens with zero attached hydrogens (tertiary/aromatic N) is 4. The fourth-order valence-electron chi connectivity index (χ4n) is 2.74. The summed E-state index contributed by atoms with van der Waals surface area (Å²) in [5, 5.41) is 8.90. The van der Waals surface area contributed by atoms with Crippen LogP contribution in [0.25, 0.3) is 5.69 Å². The average molecular weight is 434 g/mol. The van der Waals surface area contributed by atoms with Crippen molar-refractivity contribution in [3.05, 3.63) is 58.6 Å². The molecule has 2 aromatic heterocycles. The highest BCUT2D eigenvalue weighted by Crippen LogP contribution is 2.24. The van der Waals surface area contributed by atoms with E-state index in [1.54, 1.807) is 11.0 Å². The standard InChI is InChI=1S/C21H25Cl2N5O/c1-3-15(2)4-9-18-20(23)21(26-14-25-18)24-11-13-29-19-10-12-28(27-19)17-7-5-16(22)6-8-17/h5-8,10,12,14-15H,3-4,9,11,13H2,1-2H3,(H,24,25,26). The number of benzene rings is 1. The predicted molar refractivity (Wildman–Crippen MR) is 117 cm³/mol. The van der Waals surface area contributed by atoms with E-state index < -0.39 is 0 Å². The maximum absolute atomic E-state index is 6.46. The lowest BCUT2D eigenvalue weighted by atomic mass is 10.0. The van der Waals surface area contributed by atoms with Crippen molar-refractivity contribution in [3.63, 3.8) is 0 Å². The second-order valence-corrected chi connectivity index (χ2v) is 7.70. The van der Waals surface area contributed by atoms with Gasteiger partial charge in [-0.15, -0.1) is 5.10 Å². The van der Waals surface area contributed by atoms with Gasteiger partial charge in [-0.1, -0.05) is 43.5 Å². The molecular weight excluding hydrogens is 409 g/mol. The summed E-state index contributed by atoms with van der Waals surface area (Å²) in [5.41, 5.74) is 1.80. The fraction of sp³-hybridized carbons (Fsp3) is 0.381. The van der Waals surface area contributed by atoms with Crippen LogP contribution in [0.1, 0.15) is 32.4 Å². The van der Waals surface area contributed by atoms with Gasteiger partial charge in [-0.3, -0.25) is 0 Å². The van der Waals surface area contributed by atoms with Gasteiger partial charge >= 0.3 is 0 Å². The lowest BCUT2D eigenvalue weighted by Gasteiger charge is -2.12. The number of ether oxygens (including phenoxy) is 1. The third kappa shape index (κ3) is 6.08. The van der Waals surface area contributed by atoms with Crippen molar-refractivity contribution in [2.45, 2.75) is 33.1 Å². The SMILES string of the molecule is CCC(C)CCc1ncnc(NCCOc2ccn(-c3ccc(Cl)cc3)n2)c1Cl. The van der Waals surface area contributed by atoms with E-state index in [1.165, 1.54) is 0 Å². The van der Waals surface area contributed by atoms with Crippen molar-refractivity contribution in [2.75, 3.05) is 18.5 Å². The number of halogens is 2. The van der Waals surface area contributed by atoms with E-state index in [2.05, 4.69) is 34.2 Å². The molecule has 1 atom stereocenters. The van der Waals surface area contributed by atoms with Gasteiger partial charge in [0.1, 0.15) is 23.8 Å². The summed E-state index contributed by atoms with van der Waals surface area (Å²) in [6, 6.07) is 9.27. The van der Waals surface area contributed by atoms with Crippen molar-refractivity contribution in [1.29, 1.82) is 0 Å². The Morgan fingerprint density at radius 2 is 1.93 bits per heavy atom. The predicted octanol–water partition coefficient (Wildman–Crippen LogP) is 5.44. The van der Waals surface area contributed by atoms with E-state index in [0.29, 0.717) is 40.8 Å². The molecule has 3 aromatic rings. The molecule has 0 radical (unpaired) electrons. The summed E-state index contributed by atoms with van der Waals surface area (Å²) in [7, 11) is 0. The molecule has 0 aliphatic heterocycles. The van der Waals surface area contributed by atoms with Crippen LogP contribution in [0.3, 0.4) is 0 Å². The first-order valence-electron chi connectivity index (χ1n) is 9.74. The van der Waals surface area contributed by atoms with Gasteiger partial charge in [0.25, 0.3) is 0 Å². The van der Waals surface area contributed by atoms with Gasteiger partial charge in [0.15, 0.2) is 0 Å². The summed E-state index contributed by atoms with van der Waals surface area (Å²) in [6.07, 6.45) is 6.46. The number of aryl methyl sites for hydroxylation is 1. The molecule has 6 nitrogen and oxygen atoms in total. The van der Waals surface area contributed by atoms with Crippen molar-refractivity contribution in [2.24, 2.45) is 5.92 Å². The minimum absolute atomic E-state index is 0.431. The molecule has 0 saturated carbocycles. The number of rotatable bonds is 10. The topological polar surface area (TPSA) is 64.9 Å². The van der Waals surface area contributed by atoms with Crippen molar-refractivity contribution in [1.82, 2.24) is 19.7 Å². The lowest BCUT2D eigenvalue weighted by molar-refractivity contribution is 0.317. The minimum atomic E-state index is 0.431. The summed E-state index contributed by atoms with van der Waals surface area (Å²) < 4.78 is 7.45. The minimum Gasteiger partial charge on any atom is -0.475 e. The highest BCUT2D eigenvalue weighted by molar-refractivity contribution is 6.33. The van der Waals surface area contributed by atoms with Gasteiger partial charge in [-0.25, -0.2) is 14.6 Å². The second kappa shape index (κ2) is 10.5. The van der Waals surface area contributed by atoms with Crippen molar-refractivity contribution >= 4 is 29.0 Å². The normalized spacial score (nSPS) is 12.0. The van der Waals surface area contributed by atoms with Crippen molar-refractivity contribution in [3.8, 4) is 11.6 Å². The molecule has 3 rings (SSSR count). The highest BCUT2D eigenvalue weighted by atomic mass is 35.5. The van der Waals surface area contributed by atoms with Gasteiger partial charge in [-0.05, 0) is 43.0 Å². The van der Waals surface area contributed by atoms with Crippen LogP contribution in [0.2, 0.25) is 10.0 Å². The molecule has 29 heavy (non-hydrogen) atoms. The van der Waals surface area contributed by atoms with E-state index in [0.717, 1.165) is 30.6 Å². The Hall–Kier alpha value is -2.31. The van der Waals surface area contributed by atoms with Crippen LogP contribution in [0.5, 0.6) is 5.88 Å². The number of anilines is 1. The van der Waals surface area contributed by atoms with Crippen molar-refractivity contribution < 1.29 is 4.74 Å². The second-order valence-electron chi connectivity index (χ2n) is 6.89. The molecule has 0 spiro atoms. The number of nitrogens with one attached hydrogen (secondary N) is 1. The zero-order valence-electron chi connectivity index (χ0n) is 16.6. The molecular formula is C21H25Cl2N5O. The van der Waals surface area contributed by atoms with Crippen LogP contribution >= 0.6 is 23.2 Å². The van der Waals surface area contributed by atoms with Crippen LogP contribution in [0.4, 0.5) is 5.82 Å². The Bertz CT molecular complexity index is 914. The molecule has 0 bridgehead atoms. The molecule has 1 aromatic carbocycles. The van der Waals surface area contributed by atoms with E-state index in [-0.39, 0.29) is 0 Å². The maximum atomic E-state index is 6.46. The van der Waals surface area contributed by atoms with Gasteiger partial charge < -0.3 is 10.1 Å². The van der Waals surface area contributed by atoms with E-state index >= 15 is 0 Å². The van der Waals surface area contributed by atoms with E-state index in [4.69, 9.17) is 27.9 Å². The van der Waals surface area contributed by atoms with Gasteiger partial charge in [0, 0.05) is 17.3 Å². The van der Waals surface area contributed by atoms with E-state index in [1.807, 2.05) is 36.5 Å². The Morgan fingerprint density at radius 3 is 2.69 bits per heavy atom. The first-order chi connectivity index (χ1) is 14.1. The molecule has 0 saturated heterocycles. The summed E-state index contributed by atoms with van der Waals surface area (Å²) in [5.74, 6) is 1.83. The number of hydrogen-bond donors (Lipinski definition) is 1. The molecule has 0 aliphatic rings. The third-order valence-corrected chi connectivity index (χ3v) is 5.38. The molecule has 0 aliphatic carbocycles. The zero-order valence-corrected chi connectivity index (χ0v) is 18.1. The monoisotopic (exact) mass is 433 g/mol. The Kier molecular flexibility index (Phi) is 7.72. The Balaban J connectivity index is 1.49. The molecule has 1 unspecified atom stereocenters. The smallest absolute Gasteiger partial charge is 0.233 e. The van der Waals surface area contributed by atoms with Crippen LogP contribution in [-0.4, -0.2) is 32.9 Å². The maximum Gasteiger partial charge on any atom is 0.233 e. The van der Waals surface area contributed by atoms with Crippen LogP contribution in [0, 0.1) is 5.92 Å². The van der Waals surface area contributed by atoms with Gasteiger partial charge in [0.05, 0.1) is 17.9 Å². The molecule has 0 fully saturated rings. The highest BCUT2D eigenvalue weighted by Gasteiger charge is 2.10. The fourth-order valence-corrected chi connectivity index (χ4v) is 3.12. The Labute approximate surface area is 181 Å². The lowest BCUT2D eigenvalue weighted by Crippen LogP contribution is -2.14.